The molecule has 23 heavy (non-hydrogen) atoms. The molecule has 0 unspecified atom stereocenters. The summed E-state index contributed by atoms with van der Waals surface area (Å²) >= 11 is 0. The molecule has 124 valence electrons. The number of carbonyl (C=O) groups is 1. The van der Waals surface area contributed by atoms with Crippen LogP contribution in [0.4, 0.5) is 13.2 Å². The summed E-state index contributed by atoms with van der Waals surface area (Å²) in [5.41, 5.74) is -0.771. The van der Waals surface area contributed by atoms with Gasteiger partial charge in [-0.15, -0.1) is 0 Å². The second-order valence-corrected chi connectivity index (χ2v) is 6.01. The van der Waals surface area contributed by atoms with Crippen LogP contribution in [0.5, 0.6) is 0 Å². The minimum Gasteiger partial charge on any atom is -0.462 e. The van der Waals surface area contributed by atoms with Gasteiger partial charge in [-0.2, -0.15) is 18.3 Å². The highest BCUT2D eigenvalue weighted by Crippen LogP contribution is 2.30. The van der Waals surface area contributed by atoms with Crippen molar-refractivity contribution in [3.63, 3.8) is 0 Å². The number of halogens is 3. The van der Waals surface area contributed by atoms with E-state index in [-0.39, 0.29) is 24.2 Å². The number of carbonyl (C=O) groups excluding carboxylic acids is 1. The van der Waals surface area contributed by atoms with Crippen LogP contribution in [0.25, 0.3) is 0 Å². The molecule has 1 atom stereocenters. The first-order chi connectivity index (χ1) is 10.8. The lowest BCUT2D eigenvalue weighted by Crippen LogP contribution is -2.12. The summed E-state index contributed by atoms with van der Waals surface area (Å²) in [6.07, 6.45) is -2.06. The molecule has 0 amide bonds. The number of aromatic nitrogens is 2. The third-order valence-electron chi connectivity index (χ3n) is 3.03. The van der Waals surface area contributed by atoms with Gasteiger partial charge in [0.25, 0.3) is 0 Å². The molecule has 0 saturated heterocycles. The van der Waals surface area contributed by atoms with Crippen LogP contribution >= 0.6 is 0 Å². The average Bonchev–Trinajstić information content (AvgIpc) is 2.96. The minimum absolute atomic E-state index is 0.0676. The molecule has 0 bridgehead atoms. The van der Waals surface area contributed by atoms with Crippen molar-refractivity contribution in [3.05, 3.63) is 47.3 Å². The van der Waals surface area contributed by atoms with E-state index in [1.807, 2.05) is 5.10 Å². The van der Waals surface area contributed by atoms with Crippen LogP contribution in [-0.4, -0.2) is 33.2 Å². The van der Waals surface area contributed by atoms with E-state index in [4.69, 9.17) is 4.74 Å². The Kier molecular flexibility index (Phi) is 5.19. The van der Waals surface area contributed by atoms with E-state index in [0.29, 0.717) is 4.90 Å². The second-order valence-electron chi connectivity index (χ2n) is 4.63. The quantitative estimate of drug-likeness (QED) is 0.845. The Morgan fingerprint density at radius 3 is 2.52 bits per heavy atom. The maximum Gasteiger partial charge on any atom is 0.433 e. The topological polar surface area (TPSA) is 72.1 Å². The number of aromatic amines is 1. The van der Waals surface area contributed by atoms with Crippen molar-refractivity contribution in [3.8, 4) is 0 Å². The van der Waals surface area contributed by atoms with Gasteiger partial charge in [0, 0.05) is 33.9 Å². The Balaban J connectivity index is 1.93. The lowest BCUT2D eigenvalue weighted by Gasteiger charge is -2.08. The van der Waals surface area contributed by atoms with Gasteiger partial charge < -0.3 is 4.74 Å². The smallest absolute Gasteiger partial charge is 0.433 e. The Hall–Kier alpha value is -2.16. The number of rotatable bonds is 5. The van der Waals surface area contributed by atoms with E-state index >= 15 is 0 Å². The summed E-state index contributed by atoms with van der Waals surface area (Å²) in [7, 11) is -1.16. The minimum atomic E-state index is -4.53. The Morgan fingerprint density at radius 1 is 1.30 bits per heavy atom. The van der Waals surface area contributed by atoms with Gasteiger partial charge in [-0.05, 0) is 24.3 Å². The molecule has 0 fully saturated rings. The van der Waals surface area contributed by atoms with E-state index < -0.39 is 28.6 Å². The van der Waals surface area contributed by atoms with Crippen LogP contribution in [0.15, 0.2) is 35.4 Å². The van der Waals surface area contributed by atoms with Crippen molar-refractivity contribution in [2.24, 2.45) is 0 Å². The summed E-state index contributed by atoms with van der Waals surface area (Å²) in [4.78, 5) is 12.4. The summed E-state index contributed by atoms with van der Waals surface area (Å²) in [6, 6.07) is 5.98. The highest BCUT2D eigenvalue weighted by molar-refractivity contribution is 7.84. The highest BCUT2D eigenvalue weighted by Gasteiger charge is 2.35. The van der Waals surface area contributed by atoms with Crippen LogP contribution in [0.2, 0.25) is 0 Å². The summed E-state index contributed by atoms with van der Waals surface area (Å²) in [5, 5.41) is 5.24. The Labute approximate surface area is 132 Å². The third kappa shape index (κ3) is 4.41. The molecule has 1 heterocycles. The fourth-order valence-corrected chi connectivity index (χ4v) is 2.39. The van der Waals surface area contributed by atoms with Crippen molar-refractivity contribution in [1.82, 2.24) is 10.2 Å². The van der Waals surface area contributed by atoms with E-state index in [2.05, 4.69) is 5.10 Å². The second kappa shape index (κ2) is 6.95. The van der Waals surface area contributed by atoms with Crippen LogP contribution in [0.3, 0.4) is 0 Å². The molecule has 9 heteroatoms. The maximum atomic E-state index is 12.6. The van der Waals surface area contributed by atoms with Gasteiger partial charge in [-0.25, -0.2) is 4.79 Å². The predicted octanol–water partition coefficient (Wildman–Crippen LogP) is 2.57. The van der Waals surface area contributed by atoms with Gasteiger partial charge in [0.05, 0.1) is 18.4 Å². The number of esters is 1. The first kappa shape index (κ1) is 17.2. The normalized spacial score (nSPS) is 12.9. The number of nitrogens with one attached hydrogen (secondary N) is 1. The van der Waals surface area contributed by atoms with Crippen molar-refractivity contribution in [2.45, 2.75) is 17.5 Å². The number of hydrogen-bond acceptors (Lipinski definition) is 4. The predicted molar refractivity (Wildman–Crippen MR) is 76.4 cm³/mol. The first-order valence-electron chi connectivity index (χ1n) is 6.49. The molecule has 0 aliphatic rings. The molecular formula is C14H13F3N2O3S. The first-order valence-corrected chi connectivity index (χ1v) is 8.05. The summed E-state index contributed by atoms with van der Waals surface area (Å²) < 4.78 is 54.1. The van der Waals surface area contributed by atoms with Gasteiger partial charge in [0.2, 0.25) is 0 Å². The molecule has 1 N–H and O–H groups in total. The monoisotopic (exact) mass is 346 g/mol. The van der Waals surface area contributed by atoms with Crippen LogP contribution in [0.1, 0.15) is 21.6 Å². The van der Waals surface area contributed by atoms with Crippen molar-refractivity contribution in [2.75, 3.05) is 12.9 Å². The van der Waals surface area contributed by atoms with Gasteiger partial charge in [0.15, 0.2) is 0 Å². The molecular weight excluding hydrogens is 333 g/mol. The summed E-state index contributed by atoms with van der Waals surface area (Å²) in [5.74, 6) is -0.657. The SMILES string of the molecule is C[S@](=O)c1ccc(C(=O)OCCc2cn[nH]c2C(F)(F)F)cc1. The fourth-order valence-electron chi connectivity index (χ4n) is 1.87. The van der Waals surface area contributed by atoms with E-state index in [9.17, 15) is 22.2 Å². The maximum absolute atomic E-state index is 12.6. The molecule has 2 rings (SSSR count). The Bertz CT molecular complexity index is 711. The van der Waals surface area contributed by atoms with Crippen molar-refractivity contribution in [1.29, 1.82) is 0 Å². The molecule has 0 saturated carbocycles. The number of H-pyrrole nitrogens is 1. The van der Waals surface area contributed by atoms with Crippen LogP contribution in [0, 0.1) is 0 Å². The zero-order valence-electron chi connectivity index (χ0n) is 12.0. The van der Waals surface area contributed by atoms with Gasteiger partial charge >= 0.3 is 12.1 Å². The van der Waals surface area contributed by atoms with Gasteiger partial charge in [-0.3, -0.25) is 9.31 Å². The summed E-state index contributed by atoms with van der Waals surface area (Å²) in [6.45, 7) is -0.205. The fraction of sp³-hybridized carbons (Fsp3) is 0.286. The van der Waals surface area contributed by atoms with E-state index in [1.54, 1.807) is 0 Å². The molecule has 5 nitrogen and oxygen atoms in total. The van der Waals surface area contributed by atoms with E-state index in [1.165, 1.54) is 30.5 Å². The molecule has 0 aliphatic carbocycles. The standard InChI is InChI=1S/C14H13F3N2O3S/c1-23(21)11-4-2-9(3-5-11)13(20)22-7-6-10-8-18-19-12(10)14(15,16)17/h2-5,8H,6-7H2,1H3,(H,18,19)/t23-/m0/s1. The Morgan fingerprint density at radius 2 is 1.96 bits per heavy atom. The van der Waals surface area contributed by atoms with E-state index in [0.717, 1.165) is 6.20 Å². The zero-order valence-corrected chi connectivity index (χ0v) is 12.8. The van der Waals surface area contributed by atoms with Crippen molar-refractivity contribution >= 4 is 16.8 Å². The number of alkyl halides is 3. The van der Waals surface area contributed by atoms with Crippen LogP contribution in [-0.2, 0) is 28.1 Å². The largest absolute Gasteiger partial charge is 0.462 e. The zero-order chi connectivity index (χ0) is 17.0. The number of benzene rings is 1. The number of ether oxygens (including phenoxy) is 1. The highest BCUT2D eigenvalue weighted by atomic mass is 32.2. The lowest BCUT2D eigenvalue weighted by atomic mass is 10.2. The van der Waals surface area contributed by atoms with Crippen LogP contribution < -0.4 is 0 Å². The third-order valence-corrected chi connectivity index (χ3v) is 3.96. The number of nitrogens with zero attached hydrogens (tertiary/aromatic N) is 1. The average molecular weight is 346 g/mol. The lowest BCUT2D eigenvalue weighted by molar-refractivity contribution is -0.141. The molecule has 2 aromatic rings. The molecule has 0 aliphatic heterocycles. The van der Waals surface area contributed by atoms with Crippen molar-refractivity contribution < 1.29 is 26.9 Å². The van der Waals surface area contributed by atoms with Gasteiger partial charge in [-0.1, -0.05) is 0 Å². The molecule has 1 aromatic heterocycles. The number of hydrogen-bond donors (Lipinski definition) is 1. The molecule has 0 radical (unpaired) electrons. The molecule has 0 spiro atoms. The molecule has 1 aromatic carbocycles. The van der Waals surface area contributed by atoms with Gasteiger partial charge in [0.1, 0.15) is 5.69 Å².